The van der Waals surface area contributed by atoms with Gasteiger partial charge in [-0.25, -0.2) is 0 Å². The van der Waals surface area contributed by atoms with Crippen LogP contribution in [-0.2, 0) is 0 Å². The number of hydrogen-bond donors (Lipinski definition) is 2. The molecule has 2 unspecified atom stereocenters. The summed E-state index contributed by atoms with van der Waals surface area (Å²) in [6.07, 6.45) is 7.83. The zero-order valence-corrected chi connectivity index (χ0v) is 13.6. The zero-order chi connectivity index (χ0) is 15.1. The molecule has 0 bridgehead atoms. The van der Waals surface area contributed by atoms with Crippen LogP contribution >= 0.6 is 11.8 Å². The predicted molar refractivity (Wildman–Crippen MR) is 87.8 cm³/mol. The lowest BCUT2D eigenvalue weighted by Gasteiger charge is -2.30. The fourth-order valence-corrected chi connectivity index (χ4v) is 3.52. The Hall–Kier alpha value is -1.30. The van der Waals surface area contributed by atoms with Crippen molar-refractivity contribution in [2.75, 3.05) is 18.1 Å². The number of nitrogens with one attached hydrogen (secondary N) is 2. The maximum atomic E-state index is 12.3. The highest BCUT2D eigenvalue weighted by atomic mass is 32.2. The number of nitrogens with zero attached hydrogens (tertiary/aromatic N) is 2. The van der Waals surface area contributed by atoms with Crippen LogP contribution in [0, 0.1) is 0 Å². The fourth-order valence-electron chi connectivity index (χ4n) is 2.59. The maximum absolute atomic E-state index is 12.3. The molecule has 21 heavy (non-hydrogen) atoms. The molecular weight excluding hydrogens is 284 g/mol. The van der Waals surface area contributed by atoms with Gasteiger partial charge >= 0.3 is 0 Å². The Labute approximate surface area is 130 Å². The monoisotopic (exact) mass is 308 g/mol. The van der Waals surface area contributed by atoms with Gasteiger partial charge in [0.1, 0.15) is 5.82 Å². The highest BCUT2D eigenvalue weighted by Gasteiger charge is 2.26. The molecule has 1 saturated carbocycles. The predicted octanol–water partition coefficient (Wildman–Crippen LogP) is 2.70. The Morgan fingerprint density at radius 2 is 2.14 bits per heavy atom. The van der Waals surface area contributed by atoms with Crippen molar-refractivity contribution in [2.24, 2.45) is 0 Å². The standard InChI is InChI=1S/C15H24N4OS/c1-3-10-16-14-9-8-12(18-19-14)15(20)17-11-6-4-5-7-13(11)21-2/h8-9,11,13H,3-7,10H2,1-2H3,(H,16,19)(H,17,20). The maximum Gasteiger partial charge on any atom is 0.272 e. The number of thioether (sulfide) groups is 1. The van der Waals surface area contributed by atoms with E-state index in [1.807, 2.05) is 17.8 Å². The van der Waals surface area contributed by atoms with Crippen molar-refractivity contribution >= 4 is 23.5 Å². The number of anilines is 1. The molecule has 0 aromatic carbocycles. The van der Waals surface area contributed by atoms with Gasteiger partial charge in [0.25, 0.3) is 5.91 Å². The van der Waals surface area contributed by atoms with Crippen molar-refractivity contribution < 1.29 is 4.79 Å². The van der Waals surface area contributed by atoms with Crippen LogP contribution in [0.5, 0.6) is 0 Å². The Kier molecular flexibility index (Phi) is 6.29. The summed E-state index contributed by atoms with van der Waals surface area (Å²) in [5.41, 5.74) is 0.391. The van der Waals surface area contributed by atoms with Gasteiger partial charge in [-0.05, 0) is 37.7 Å². The molecule has 0 radical (unpaired) electrons. The van der Waals surface area contributed by atoms with Crippen LogP contribution in [0.3, 0.4) is 0 Å². The molecule has 1 heterocycles. The van der Waals surface area contributed by atoms with Gasteiger partial charge in [0.15, 0.2) is 5.69 Å². The topological polar surface area (TPSA) is 66.9 Å². The first-order valence-corrected chi connectivity index (χ1v) is 8.94. The minimum Gasteiger partial charge on any atom is -0.369 e. The fraction of sp³-hybridized carbons (Fsp3) is 0.667. The Balaban J connectivity index is 1.93. The van der Waals surface area contributed by atoms with Gasteiger partial charge < -0.3 is 10.6 Å². The average Bonchev–Trinajstić information content (AvgIpc) is 2.54. The van der Waals surface area contributed by atoms with Crippen LogP contribution < -0.4 is 10.6 Å². The summed E-state index contributed by atoms with van der Waals surface area (Å²) in [6.45, 7) is 2.95. The van der Waals surface area contributed by atoms with Crippen LogP contribution in [0.15, 0.2) is 12.1 Å². The van der Waals surface area contributed by atoms with E-state index in [-0.39, 0.29) is 11.9 Å². The molecule has 2 N–H and O–H groups in total. The molecule has 1 aromatic rings. The molecule has 1 aliphatic rings. The molecule has 116 valence electrons. The summed E-state index contributed by atoms with van der Waals surface area (Å²) >= 11 is 1.84. The second-order valence-corrected chi connectivity index (χ2v) is 6.45. The van der Waals surface area contributed by atoms with E-state index in [9.17, 15) is 4.79 Å². The zero-order valence-electron chi connectivity index (χ0n) is 12.8. The van der Waals surface area contributed by atoms with Crippen LogP contribution in [0.25, 0.3) is 0 Å². The van der Waals surface area contributed by atoms with E-state index in [1.165, 1.54) is 19.3 Å². The quantitative estimate of drug-likeness (QED) is 0.846. The molecule has 0 aliphatic heterocycles. The van der Waals surface area contributed by atoms with Gasteiger partial charge in [-0.15, -0.1) is 10.2 Å². The van der Waals surface area contributed by atoms with Crippen molar-refractivity contribution in [3.63, 3.8) is 0 Å². The molecule has 2 rings (SSSR count). The summed E-state index contributed by atoms with van der Waals surface area (Å²) in [7, 11) is 0. The SMILES string of the molecule is CCCNc1ccc(C(=O)NC2CCCCC2SC)nn1. The Bertz CT molecular complexity index is 451. The summed E-state index contributed by atoms with van der Waals surface area (Å²) in [5.74, 6) is 0.601. The third-order valence-electron chi connectivity index (χ3n) is 3.78. The molecule has 2 atom stereocenters. The van der Waals surface area contributed by atoms with Gasteiger partial charge in [0.05, 0.1) is 0 Å². The molecule has 1 amide bonds. The van der Waals surface area contributed by atoms with Crippen LogP contribution in [0.4, 0.5) is 5.82 Å². The molecule has 5 nitrogen and oxygen atoms in total. The van der Waals surface area contributed by atoms with E-state index in [0.717, 1.165) is 19.4 Å². The van der Waals surface area contributed by atoms with E-state index < -0.39 is 0 Å². The lowest BCUT2D eigenvalue weighted by molar-refractivity contribution is 0.0923. The molecule has 1 aliphatic carbocycles. The third kappa shape index (κ3) is 4.59. The van der Waals surface area contributed by atoms with Gasteiger partial charge in [0.2, 0.25) is 0 Å². The van der Waals surface area contributed by atoms with Crippen molar-refractivity contribution in [1.82, 2.24) is 15.5 Å². The number of rotatable bonds is 6. The van der Waals surface area contributed by atoms with Crippen molar-refractivity contribution in [3.05, 3.63) is 17.8 Å². The minimum absolute atomic E-state index is 0.115. The summed E-state index contributed by atoms with van der Waals surface area (Å²) in [4.78, 5) is 12.3. The highest BCUT2D eigenvalue weighted by Crippen LogP contribution is 2.27. The molecule has 1 aromatic heterocycles. The summed E-state index contributed by atoms with van der Waals surface area (Å²) in [6, 6.07) is 3.79. The normalized spacial score (nSPS) is 21.8. The molecule has 6 heteroatoms. The first kappa shape index (κ1) is 16.1. The number of amides is 1. The first-order valence-electron chi connectivity index (χ1n) is 7.66. The van der Waals surface area contributed by atoms with E-state index >= 15 is 0 Å². The Morgan fingerprint density at radius 3 is 2.81 bits per heavy atom. The van der Waals surface area contributed by atoms with Crippen LogP contribution in [0.2, 0.25) is 0 Å². The third-order valence-corrected chi connectivity index (χ3v) is 4.94. The van der Waals surface area contributed by atoms with E-state index in [1.54, 1.807) is 6.07 Å². The molecule has 0 saturated heterocycles. The smallest absolute Gasteiger partial charge is 0.272 e. The molecule has 0 spiro atoms. The van der Waals surface area contributed by atoms with Crippen LogP contribution in [0.1, 0.15) is 49.5 Å². The van der Waals surface area contributed by atoms with E-state index in [0.29, 0.717) is 16.8 Å². The van der Waals surface area contributed by atoms with Gasteiger partial charge in [-0.1, -0.05) is 19.8 Å². The number of carbonyl (C=O) groups is 1. The number of aromatic nitrogens is 2. The second kappa shape index (κ2) is 8.22. The Morgan fingerprint density at radius 1 is 1.33 bits per heavy atom. The van der Waals surface area contributed by atoms with Crippen molar-refractivity contribution in [1.29, 1.82) is 0 Å². The summed E-state index contributed by atoms with van der Waals surface area (Å²) in [5, 5.41) is 14.8. The van der Waals surface area contributed by atoms with E-state index in [4.69, 9.17) is 0 Å². The lowest BCUT2D eigenvalue weighted by atomic mass is 9.95. The van der Waals surface area contributed by atoms with Gasteiger partial charge in [-0.2, -0.15) is 11.8 Å². The number of hydrogen-bond acceptors (Lipinski definition) is 5. The minimum atomic E-state index is -0.115. The lowest BCUT2D eigenvalue weighted by Crippen LogP contribution is -2.44. The van der Waals surface area contributed by atoms with Gasteiger partial charge in [-0.3, -0.25) is 4.79 Å². The van der Waals surface area contributed by atoms with Crippen LogP contribution in [-0.4, -0.2) is 40.2 Å². The molecular formula is C15H24N4OS. The van der Waals surface area contributed by atoms with E-state index in [2.05, 4.69) is 34.0 Å². The van der Waals surface area contributed by atoms with Gasteiger partial charge in [0, 0.05) is 17.8 Å². The number of carbonyl (C=O) groups excluding carboxylic acids is 1. The second-order valence-electron chi connectivity index (χ2n) is 5.37. The highest BCUT2D eigenvalue weighted by molar-refractivity contribution is 7.99. The summed E-state index contributed by atoms with van der Waals surface area (Å²) < 4.78 is 0. The molecule has 1 fully saturated rings. The first-order chi connectivity index (χ1) is 10.2. The average molecular weight is 308 g/mol. The van der Waals surface area contributed by atoms with Crippen molar-refractivity contribution in [2.45, 2.75) is 50.3 Å². The van der Waals surface area contributed by atoms with Crippen molar-refractivity contribution in [3.8, 4) is 0 Å². The largest absolute Gasteiger partial charge is 0.369 e.